The third-order valence-corrected chi connectivity index (χ3v) is 3.33. The van der Waals surface area contributed by atoms with Gasteiger partial charge >= 0.3 is 0 Å². The smallest absolute Gasteiger partial charge is 0.296 e. The quantitative estimate of drug-likeness (QED) is 0.658. The van der Waals surface area contributed by atoms with E-state index in [2.05, 4.69) is 0 Å². The lowest BCUT2D eigenvalue weighted by Crippen LogP contribution is -2.35. The summed E-state index contributed by atoms with van der Waals surface area (Å²) in [5.74, 6) is 0. The fraction of sp³-hybridized carbons (Fsp3) is 0.417. The Kier molecular flexibility index (Phi) is 2.90. The molecule has 102 valence electrons. The van der Waals surface area contributed by atoms with Gasteiger partial charge < -0.3 is 24.5 Å². The van der Waals surface area contributed by atoms with Crippen LogP contribution in [0.15, 0.2) is 33.8 Å². The normalized spacial score (nSPS) is 31.1. The van der Waals surface area contributed by atoms with Crippen molar-refractivity contribution in [3.8, 4) is 0 Å². The van der Waals surface area contributed by atoms with Crippen LogP contribution in [0.1, 0.15) is 6.23 Å². The minimum Gasteiger partial charge on any atom is -0.459 e. The molecule has 0 amide bonds. The minimum absolute atomic E-state index is 0.153. The molecule has 0 bridgehead atoms. The number of pyridine rings is 1. The highest BCUT2D eigenvalue weighted by molar-refractivity contribution is 5.75. The zero-order chi connectivity index (χ0) is 13.6. The second-order valence-corrected chi connectivity index (χ2v) is 4.46. The number of aromatic nitrogens is 1. The molecule has 0 unspecified atom stereocenters. The third kappa shape index (κ3) is 1.79. The average molecular weight is 267 g/mol. The molecule has 1 aliphatic heterocycles. The van der Waals surface area contributed by atoms with Gasteiger partial charge in [0.1, 0.15) is 18.3 Å². The first-order chi connectivity index (χ1) is 9.13. The zero-order valence-electron chi connectivity index (χ0n) is 9.84. The summed E-state index contributed by atoms with van der Waals surface area (Å²) < 4.78 is 11.5. The van der Waals surface area contributed by atoms with E-state index in [0.29, 0.717) is 5.39 Å². The first-order valence-electron chi connectivity index (χ1n) is 5.84. The largest absolute Gasteiger partial charge is 0.459 e. The van der Waals surface area contributed by atoms with E-state index in [1.807, 2.05) is 0 Å². The summed E-state index contributed by atoms with van der Waals surface area (Å²) in [5, 5.41) is 29.2. The molecule has 3 rings (SSSR count). The van der Waals surface area contributed by atoms with Gasteiger partial charge in [0.25, 0.3) is 5.56 Å². The Balaban J connectivity index is 2.05. The predicted molar refractivity (Wildman–Crippen MR) is 63.5 cm³/mol. The molecule has 0 aromatic carbocycles. The van der Waals surface area contributed by atoms with Gasteiger partial charge in [-0.25, -0.2) is 0 Å². The lowest BCUT2D eigenvalue weighted by molar-refractivity contribution is -0.0542. The Morgan fingerprint density at radius 3 is 2.74 bits per heavy atom. The van der Waals surface area contributed by atoms with Gasteiger partial charge in [0.2, 0.25) is 0 Å². The summed E-state index contributed by atoms with van der Waals surface area (Å²) in [5.41, 5.74) is -0.308. The predicted octanol–water partition coefficient (Wildman–Crippen LogP) is -0.794. The van der Waals surface area contributed by atoms with Crippen LogP contribution in [0.25, 0.3) is 11.0 Å². The summed E-state index contributed by atoms with van der Waals surface area (Å²) in [7, 11) is 0. The van der Waals surface area contributed by atoms with Crippen LogP contribution >= 0.6 is 0 Å². The molecular formula is C12H13NO6. The summed E-state index contributed by atoms with van der Waals surface area (Å²) >= 11 is 0. The number of furan rings is 1. The van der Waals surface area contributed by atoms with Crippen LogP contribution in [0.5, 0.6) is 0 Å². The Bertz CT molecular complexity index is 647. The van der Waals surface area contributed by atoms with Gasteiger partial charge in [0.05, 0.1) is 12.9 Å². The van der Waals surface area contributed by atoms with E-state index >= 15 is 0 Å². The standard InChI is InChI=1S/C12H13NO6/c14-5-7-8(15)9(16)12(19-7)13-3-1-6-2-4-18-10(6)11(13)17/h1-4,7-9,12,14-16H,5H2/t7-,8-,9-,12-/m1/s1. The van der Waals surface area contributed by atoms with Crippen molar-refractivity contribution in [2.45, 2.75) is 24.5 Å². The highest BCUT2D eigenvalue weighted by atomic mass is 16.6. The first kappa shape index (κ1) is 12.4. The van der Waals surface area contributed by atoms with Crippen LogP contribution in [0, 0.1) is 0 Å². The maximum Gasteiger partial charge on any atom is 0.296 e. The third-order valence-electron chi connectivity index (χ3n) is 3.33. The Morgan fingerprint density at radius 2 is 2.05 bits per heavy atom. The van der Waals surface area contributed by atoms with E-state index in [9.17, 15) is 15.0 Å². The molecule has 7 nitrogen and oxygen atoms in total. The van der Waals surface area contributed by atoms with Crippen molar-refractivity contribution in [2.75, 3.05) is 6.61 Å². The zero-order valence-corrected chi connectivity index (χ0v) is 9.84. The highest BCUT2D eigenvalue weighted by Crippen LogP contribution is 2.28. The molecule has 1 saturated heterocycles. The van der Waals surface area contributed by atoms with Gasteiger partial charge in [0, 0.05) is 11.6 Å². The summed E-state index contributed by atoms with van der Waals surface area (Å²) in [6.45, 7) is -0.438. The number of ether oxygens (including phenoxy) is 1. The van der Waals surface area contributed by atoms with Gasteiger partial charge in [-0.2, -0.15) is 0 Å². The molecule has 0 spiro atoms. The molecule has 1 fully saturated rings. The maximum atomic E-state index is 12.2. The van der Waals surface area contributed by atoms with E-state index in [1.54, 1.807) is 12.1 Å². The van der Waals surface area contributed by atoms with Crippen LogP contribution in [-0.2, 0) is 4.74 Å². The minimum atomic E-state index is -1.29. The fourth-order valence-electron chi connectivity index (χ4n) is 2.28. The molecular weight excluding hydrogens is 254 g/mol. The molecule has 19 heavy (non-hydrogen) atoms. The first-order valence-corrected chi connectivity index (χ1v) is 5.84. The molecule has 2 aromatic rings. The lowest BCUT2D eigenvalue weighted by atomic mass is 10.1. The van der Waals surface area contributed by atoms with Crippen LogP contribution in [-0.4, -0.2) is 44.8 Å². The molecule has 0 saturated carbocycles. The van der Waals surface area contributed by atoms with Crippen molar-refractivity contribution < 1.29 is 24.5 Å². The van der Waals surface area contributed by atoms with Crippen LogP contribution in [0.3, 0.4) is 0 Å². The van der Waals surface area contributed by atoms with E-state index in [0.717, 1.165) is 4.57 Å². The van der Waals surface area contributed by atoms with Crippen LogP contribution < -0.4 is 5.56 Å². The Hall–Kier alpha value is -1.67. The molecule has 0 aliphatic carbocycles. The Morgan fingerprint density at radius 1 is 1.26 bits per heavy atom. The van der Waals surface area contributed by atoms with E-state index in [-0.39, 0.29) is 5.58 Å². The number of hydrogen-bond acceptors (Lipinski definition) is 6. The lowest BCUT2D eigenvalue weighted by Gasteiger charge is -2.17. The molecule has 1 aliphatic rings. The topological polar surface area (TPSA) is 105 Å². The van der Waals surface area contributed by atoms with Gasteiger partial charge in [-0.15, -0.1) is 0 Å². The number of fused-ring (bicyclic) bond motifs is 1. The molecule has 2 aromatic heterocycles. The number of aliphatic hydroxyl groups excluding tert-OH is 3. The number of hydrogen-bond donors (Lipinski definition) is 3. The molecule has 7 heteroatoms. The van der Waals surface area contributed by atoms with Crippen molar-refractivity contribution in [3.63, 3.8) is 0 Å². The van der Waals surface area contributed by atoms with Crippen LogP contribution in [0.2, 0.25) is 0 Å². The van der Waals surface area contributed by atoms with Crippen molar-refractivity contribution in [1.29, 1.82) is 0 Å². The summed E-state index contributed by atoms with van der Waals surface area (Å²) in [6, 6.07) is 3.30. The van der Waals surface area contributed by atoms with Gasteiger partial charge in [-0.05, 0) is 12.1 Å². The average Bonchev–Trinajstić information content (AvgIpc) is 2.98. The number of nitrogens with zero attached hydrogens (tertiary/aromatic N) is 1. The van der Waals surface area contributed by atoms with Crippen molar-refractivity contribution in [3.05, 3.63) is 34.9 Å². The summed E-state index contributed by atoms with van der Waals surface area (Å²) in [6.07, 6.45) is -1.64. The SMILES string of the molecule is O=c1c2occc2ccn1[C@@H]1O[C@H](CO)[C@@H](O)[C@H]1O. The van der Waals surface area contributed by atoms with Crippen molar-refractivity contribution >= 4 is 11.0 Å². The number of rotatable bonds is 2. The maximum absolute atomic E-state index is 12.2. The highest BCUT2D eigenvalue weighted by Gasteiger charge is 2.43. The van der Waals surface area contributed by atoms with Gasteiger partial charge in [-0.1, -0.05) is 0 Å². The van der Waals surface area contributed by atoms with Gasteiger partial charge in [0.15, 0.2) is 11.8 Å². The Labute approximate surface area is 107 Å². The fourth-order valence-corrected chi connectivity index (χ4v) is 2.28. The van der Waals surface area contributed by atoms with Crippen molar-refractivity contribution in [1.82, 2.24) is 4.57 Å². The molecule has 0 radical (unpaired) electrons. The van der Waals surface area contributed by atoms with Gasteiger partial charge in [-0.3, -0.25) is 9.36 Å². The second kappa shape index (κ2) is 4.46. The monoisotopic (exact) mass is 267 g/mol. The summed E-state index contributed by atoms with van der Waals surface area (Å²) in [4.78, 5) is 12.2. The van der Waals surface area contributed by atoms with E-state index in [4.69, 9.17) is 14.3 Å². The van der Waals surface area contributed by atoms with E-state index < -0.39 is 36.7 Å². The van der Waals surface area contributed by atoms with E-state index in [1.165, 1.54) is 12.5 Å². The van der Waals surface area contributed by atoms with Crippen LogP contribution in [0.4, 0.5) is 0 Å². The molecule has 3 N–H and O–H groups in total. The van der Waals surface area contributed by atoms with Crippen molar-refractivity contribution in [2.24, 2.45) is 0 Å². The molecule has 3 heterocycles. The number of aliphatic hydroxyl groups is 3. The second-order valence-electron chi connectivity index (χ2n) is 4.46. The molecule has 4 atom stereocenters.